The number of nitrogens with one attached hydrogen (secondary N) is 2. The van der Waals surface area contributed by atoms with E-state index in [1.807, 2.05) is 12.1 Å². The van der Waals surface area contributed by atoms with E-state index in [0.29, 0.717) is 30.9 Å². The second-order valence-electron chi connectivity index (χ2n) is 11.1. The zero-order valence-corrected chi connectivity index (χ0v) is 24.4. The average Bonchev–Trinajstić information content (AvgIpc) is 2.99. The van der Waals surface area contributed by atoms with Gasteiger partial charge in [-0.25, -0.2) is 9.97 Å². The van der Waals surface area contributed by atoms with Crippen LogP contribution >= 0.6 is 11.6 Å². The fraction of sp³-hybridized carbons (Fsp3) is 0.533. The number of hydrogen-bond acceptors (Lipinski definition) is 8. The van der Waals surface area contributed by atoms with Crippen molar-refractivity contribution in [3.63, 3.8) is 0 Å². The summed E-state index contributed by atoms with van der Waals surface area (Å²) in [7, 11) is 0. The van der Waals surface area contributed by atoms with E-state index >= 15 is 0 Å². The van der Waals surface area contributed by atoms with Gasteiger partial charge in [-0.15, -0.1) is 6.42 Å². The maximum Gasteiger partial charge on any atom is 0.274 e. The van der Waals surface area contributed by atoms with E-state index in [9.17, 15) is 9.59 Å². The zero-order chi connectivity index (χ0) is 28.9. The molecule has 3 aliphatic rings. The van der Waals surface area contributed by atoms with E-state index in [1.165, 1.54) is 5.56 Å². The number of nitrogens with two attached hydrogens (primary N) is 1. The molecule has 1 aromatic carbocycles. The summed E-state index contributed by atoms with van der Waals surface area (Å²) in [4.78, 5) is 41.0. The fourth-order valence-electron chi connectivity index (χ4n) is 6.20. The Morgan fingerprint density at radius 3 is 2.61 bits per heavy atom. The molecule has 4 heterocycles. The van der Waals surface area contributed by atoms with Crippen molar-refractivity contribution in [1.82, 2.24) is 30.4 Å². The van der Waals surface area contributed by atoms with Gasteiger partial charge in [-0.3, -0.25) is 19.4 Å². The minimum Gasteiger partial charge on any atom is -0.382 e. The third-order valence-electron chi connectivity index (χ3n) is 8.52. The van der Waals surface area contributed by atoms with Crippen LogP contribution in [0.2, 0.25) is 5.15 Å². The standard InChI is InChI=1S/C30H39ClN8O2/c1-3-20-7-9-21(10-8-20)18-37-14-11-23(12-15-37)39-17-16-38(19-22(39)4-2)28-26(31)35-25(27(32)36-28)30(41)34-24-6-5-13-33-29(24)40/h1,7-10,22-24H,4-6,11-19H2,2H3,(H2,32,36)(H,33,40)(H,34,41)/t22-,24+/m0/s1. The van der Waals surface area contributed by atoms with Crippen molar-refractivity contribution in [2.24, 2.45) is 0 Å². The van der Waals surface area contributed by atoms with E-state index in [2.05, 4.69) is 60.3 Å². The van der Waals surface area contributed by atoms with Gasteiger partial charge in [0, 0.05) is 50.4 Å². The molecule has 2 atom stereocenters. The molecule has 1 aromatic heterocycles. The number of likely N-dealkylation sites (tertiary alicyclic amines) is 1. The van der Waals surface area contributed by atoms with Crippen LogP contribution in [0.5, 0.6) is 0 Å². The minimum absolute atomic E-state index is 0.00916. The van der Waals surface area contributed by atoms with Crippen molar-refractivity contribution in [3.8, 4) is 12.3 Å². The van der Waals surface area contributed by atoms with Crippen molar-refractivity contribution < 1.29 is 9.59 Å². The van der Waals surface area contributed by atoms with Gasteiger partial charge in [-0.1, -0.05) is 36.6 Å². The Morgan fingerprint density at radius 1 is 1.17 bits per heavy atom. The lowest BCUT2D eigenvalue weighted by Gasteiger charge is -2.47. The van der Waals surface area contributed by atoms with Gasteiger partial charge in [-0.2, -0.15) is 0 Å². The monoisotopic (exact) mass is 578 g/mol. The summed E-state index contributed by atoms with van der Waals surface area (Å²) in [6.07, 6.45) is 10.1. The summed E-state index contributed by atoms with van der Waals surface area (Å²) in [5, 5.41) is 5.61. The third-order valence-corrected chi connectivity index (χ3v) is 8.77. The number of nitrogens with zero attached hydrogens (tertiary/aromatic N) is 5. The van der Waals surface area contributed by atoms with Crippen molar-refractivity contribution in [1.29, 1.82) is 0 Å². The first-order valence-corrected chi connectivity index (χ1v) is 14.9. The maximum atomic E-state index is 12.8. The van der Waals surface area contributed by atoms with Gasteiger partial charge < -0.3 is 21.3 Å². The summed E-state index contributed by atoms with van der Waals surface area (Å²) in [5.41, 5.74) is 8.34. The molecule has 3 fully saturated rings. The number of amides is 2. The first kappa shape index (κ1) is 29.1. The number of piperidine rings is 2. The van der Waals surface area contributed by atoms with Crippen LogP contribution in [0.1, 0.15) is 60.6 Å². The van der Waals surface area contributed by atoms with Crippen LogP contribution in [0.25, 0.3) is 0 Å². The molecule has 10 nitrogen and oxygen atoms in total. The number of benzene rings is 1. The Kier molecular flexibility index (Phi) is 9.28. The summed E-state index contributed by atoms with van der Waals surface area (Å²) >= 11 is 6.57. The van der Waals surface area contributed by atoms with Gasteiger partial charge >= 0.3 is 0 Å². The van der Waals surface area contributed by atoms with Crippen LogP contribution in [0.15, 0.2) is 24.3 Å². The smallest absolute Gasteiger partial charge is 0.274 e. The highest BCUT2D eigenvalue weighted by molar-refractivity contribution is 6.32. The normalized spacial score (nSPS) is 22.7. The van der Waals surface area contributed by atoms with Crippen LogP contribution < -0.4 is 21.3 Å². The molecule has 218 valence electrons. The molecule has 11 heteroatoms. The molecule has 3 aliphatic heterocycles. The third kappa shape index (κ3) is 6.75. The van der Waals surface area contributed by atoms with Gasteiger partial charge in [0.1, 0.15) is 6.04 Å². The number of piperazine rings is 1. The van der Waals surface area contributed by atoms with E-state index in [-0.39, 0.29) is 22.6 Å². The lowest BCUT2D eigenvalue weighted by molar-refractivity contribution is -0.124. The number of halogens is 1. The Labute approximate surface area is 247 Å². The Balaban J connectivity index is 1.17. The number of rotatable bonds is 7. The molecule has 4 N–H and O–H groups in total. The molecule has 41 heavy (non-hydrogen) atoms. The predicted molar refractivity (Wildman–Crippen MR) is 161 cm³/mol. The molecule has 5 rings (SSSR count). The zero-order valence-electron chi connectivity index (χ0n) is 23.6. The quantitative estimate of drug-likeness (QED) is 0.428. The molecular formula is C30H39ClN8O2. The fourth-order valence-corrected chi connectivity index (χ4v) is 6.45. The molecule has 0 bridgehead atoms. The van der Waals surface area contributed by atoms with E-state index < -0.39 is 11.9 Å². The minimum atomic E-state index is -0.610. The molecule has 0 unspecified atom stereocenters. The topological polar surface area (TPSA) is 120 Å². The second kappa shape index (κ2) is 13.1. The summed E-state index contributed by atoms with van der Waals surface area (Å²) in [6, 6.07) is 8.56. The molecule has 2 amide bonds. The van der Waals surface area contributed by atoms with Crippen LogP contribution in [0.4, 0.5) is 11.6 Å². The molecule has 0 aliphatic carbocycles. The molecular weight excluding hydrogens is 540 g/mol. The van der Waals surface area contributed by atoms with Crippen LogP contribution in [0, 0.1) is 12.3 Å². The van der Waals surface area contributed by atoms with Crippen molar-refractivity contribution >= 4 is 35.1 Å². The number of aromatic nitrogens is 2. The van der Waals surface area contributed by atoms with Gasteiger partial charge in [-0.05, 0) is 62.9 Å². The number of anilines is 2. The van der Waals surface area contributed by atoms with Crippen molar-refractivity contribution in [2.75, 3.05) is 49.9 Å². The lowest BCUT2D eigenvalue weighted by atomic mass is 9.97. The maximum absolute atomic E-state index is 12.8. The number of carbonyl (C=O) groups excluding carboxylic acids is 2. The molecule has 2 aromatic rings. The van der Waals surface area contributed by atoms with Gasteiger partial charge in [0.2, 0.25) is 5.91 Å². The first-order chi connectivity index (χ1) is 19.9. The highest BCUT2D eigenvalue weighted by Crippen LogP contribution is 2.30. The number of terminal acetylenes is 1. The molecule has 0 radical (unpaired) electrons. The Hall–Kier alpha value is -3.39. The number of carbonyl (C=O) groups is 2. The van der Waals surface area contributed by atoms with Gasteiger partial charge in [0.25, 0.3) is 5.91 Å². The van der Waals surface area contributed by atoms with E-state index in [0.717, 1.165) is 70.5 Å². The number of hydrogen-bond donors (Lipinski definition) is 3. The Morgan fingerprint density at radius 2 is 1.93 bits per heavy atom. The van der Waals surface area contributed by atoms with Crippen molar-refractivity contribution in [2.45, 2.75) is 63.7 Å². The van der Waals surface area contributed by atoms with Crippen LogP contribution in [-0.4, -0.2) is 89.0 Å². The lowest BCUT2D eigenvalue weighted by Crippen LogP contribution is -2.58. The molecule has 3 saturated heterocycles. The predicted octanol–water partition coefficient (Wildman–Crippen LogP) is 2.27. The molecule has 0 spiro atoms. The number of nitrogen functional groups attached to an aromatic ring is 1. The summed E-state index contributed by atoms with van der Waals surface area (Å²) < 4.78 is 0. The SMILES string of the molecule is C#Cc1ccc(CN2CCC(N3CCN(c4nc(N)c(C(=O)N[C@@H]5CCCNC5=O)nc4Cl)C[C@@H]3CC)CC2)cc1. The van der Waals surface area contributed by atoms with Crippen molar-refractivity contribution in [3.05, 3.63) is 46.2 Å². The largest absolute Gasteiger partial charge is 0.382 e. The summed E-state index contributed by atoms with van der Waals surface area (Å²) in [5.74, 6) is 2.44. The van der Waals surface area contributed by atoms with Crippen LogP contribution in [0.3, 0.4) is 0 Å². The van der Waals surface area contributed by atoms with Crippen LogP contribution in [-0.2, 0) is 11.3 Å². The summed E-state index contributed by atoms with van der Waals surface area (Å²) in [6.45, 7) is 8.32. The first-order valence-electron chi connectivity index (χ1n) is 14.6. The van der Waals surface area contributed by atoms with Gasteiger partial charge in [0.05, 0.1) is 0 Å². The average molecular weight is 579 g/mol. The second-order valence-corrected chi connectivity index (χ2v) is 11.5. The Bertz CT molecular complexity index is 1290. The molecule has 0 saturated carbocycles. The van der Waals surface area contributed by atoms with E-state index in [1.54, 1.807) is 0 Å². The highest BCUT2D eigenvalue weighted by Gasteiger charge is 2.35. The van der Waals surface area contributed by atoms with Gasteiger partial charge in [0.15, 0.2) is 22.5 Å². The highest BCUT2D eigenvalue weighted by atomic mass is 35.5. The van der Waals surface area contributed by atoms with E-state index in [4.69, 9.17) is 23.8 Å².